The van der Waals surface area contributed by atoms with Crippen LogP contribution in [0.15, 0.2) is 48.7 Å². The maximum atomic E-state index is 4.41. The molecule has 22 heavy (non-hydrogen) atoms. The molecule has 0 N–H and O–H groups in total. The van der Waals surface area contributed by atoms with Crippen molar-refractivity contribution in [2.45, 2.75) is 33.6 Å². The Kier molecular flexibility index (Phi) is 4.19. The van der Waals surface area contributed by atoms with E-state index in [4.69, 9.17) is 0 Å². The first-order valence-electron chi connectivity index (χ1n) is 8.30. The Morgan fingerprint density at radius 3 is 2.18 bits per heavy atom. The Morgan fingerprint density at radius 1 is 0.955 bits per heavy atom. The molecule has 2 nitrogen and oxygen atoms in total. The third kappa shape index (κ3) is 3.32. The molecule has 0 radical (unpaired) electrons. The largest absolute Gasteiger partial charge is 0.372 e. The van der Waals surface area contributed by atoms with Gasteiger partial charge in [-0.3, -0.25) is 4.98 Å². The highest BCUT2D eigenvalue weighted by atomic mass is 15.1. The molecule has 2 heteroatoms. The van der Waals surface area contributed by atoms with Crippen LogP contribution in [0.3, 0.4) is 0 Å². The average molecular weight is 294 g/mol. The van der Waals surface area contributed by atoms with Crippen molar-refractivity contribution < 1.29 is 0 Å². The number of nitrogens with zero attached hydrogens (tertiary/aromatic N) is 2. The van der Waals surface area contributed by atoms with E-state index in [9.17, 15) is 0 Å². The van der Waals surface area contributed by atoms with Gasteiger partial charge >= 0.3 is 0 Å². The summed E-state index contributed by atoms with van der Waals surface area (Å²) in [7, 11) is 0. The molecule has 3 rings (SSSR count). The molecule has 1 saturated heterocycles. The average Bonchev–Trinajstić information content (AvgIpc) is 2.55. The zero-order chi connectivity index (χ0) is 15.6. The van der Waals surface area contributed by atoms with Crippen molar-refractivity contribution in [1.82, 2.24) is 4.98 Å². The van der Waals surface area contributed by atoms with E-state index in [2.05, 4.69) is 61.0 Å². The number of pyridine rings is 1. The minimum Gasteiger partial charge on any atom is -0.372 e. The summed E-state index contributed by atoms with van der Waals surface area (Å²) in [6.07, 6.45) is 4.44. The van der Waals surface area contributed by atoms with Gasteiger partial charge in [-0.25, -0.2) is 0 Å². The van der Waals surface area contributed by atoms with Crippen LogP contribution >= 0.6 is 0 Å². The highest BCUT2D eigenvalue weighted by Gasteiger charge is 2.28. The summed E-state index contributed by atoms with van der Waals surface area (Å²) in [6, 6.07) is 14.9. The maximum absolute atomic E-state index is 4.41. The normalized spacial score (nSPS) is 16.8. The summed E-state index contributed by atoms with van der Waals surface area (Å²) in [5.41, 5.74) is 4.01. The van der Waals surface area contributed by atoms with Crippen LogP contribution in [0.5, 0.6) is 0 Å². The lowest BCUT2D eigenvalue weighted by Gasteiger charge is -2.39. The van der Waals surface area contributed by atoms with E-state index >= 15 is 0 Å². The maximum Gasteiger partial charge on any atom is 0.0701 e. The smallest absolute Gasteiger partial charge is 0.0701 e. The summed E-state index contributed by atoms with van der Waals surface area (Å²) in [4.78, 5) is 6.93. The molecular weight excluding hydrogens is 268 g/mol. The fourth-order valence-corrected chi connectivity index (χ4v) is 3.38. The van der Waals surface area contributed by atoms with Crippen molar-refractivity contribution in [1.29, 1.82) is 0 Å². The predicted octanol–water partition coefficient (Wildman–Crippen LogP) is 5.01. The summed E-state index contributed by atoms with van der Waals surface area (Å²) in [6.45, 7) is 9.45. The van der Waals surface area contributed by atoms with Gasteiger partial charge in [-0.05, 0) is 48.4 Å². The minimum absolute atomic E-state index is 0.439. The van der Waals surface area contributed by atoms with Crippen molar-refractivity contribution in [2.75, 3.05) is 18.0 Å². The molecule has 1 aliphatic rings. The van der Waals surface area contributed by atoms with Crippen molar-refractivity contribution in [3.8, 4) is 11.3 Å². The van der Waals surface area contributed by atoms with Crippen LogP contribution in [0, 0.1) is 11.3 Å². The lowest BCUT2D eigenvalue weighted by molar-refractivity contribution is 0.199. The molecule has 0 atom stereocenters. The Morgan fingerprint density at radius 2 is 1.64 bits per heavy atom. The van der Waals surface area contributed by atoms with Gasteiger partial charge < -0.3 is 4.90 Å². The van der Waals surface area contributed by atoms with Gasteiger partial charge in [0.2, 0.25) is 0 Å². The van der Waals surface area contributed by atoms with Crippen LogP contribution < -0.4 is 4.90 Å². The standard InChI is InChI=1S/C20H26N2/c1-20(2,3)17-11-14-22(15-12-17)18-9-7-16(8-10-18)19-6-4-5-13-21-19/h4-10,13,17H,11-12,14-15H2,1-3H3. The Balaban J connectivity index is 1.67. The van der Waals surface area contributed by atoms with Crippen molar-refractivity contribution in [3.05, 3.63) is 48.7 Å². The predicted molar refractivity (Wildman–Crippen MR) is 94.1 cm³/mol. The Bertz CT molecular complexity index is 588. The second kappa shape index (κ2) is 6.12. The zero-order valence-electron chi connectivity index (χ0n) is 13.9. The molecule has 0 spiro atoms. The van der Waals surface area contributed by atoms with Crippen LogP contribution in [0.1, 0.15) is 33.6 Å². The van der Waals surface area contributed by atoms with E-state index < -0.39 is 0 Å². The first-order valence-corrected chi connectivity index (χ1v) is 8.30. The Labute approximate surface area is 134 Å². The number of anilines is 1. The lowest BCUT2D eigenvalue weighted by Crippen LogP contribution is -2.37. The molecule has 1 aliphatic heterocycles. The monoisotopic (exact) mass is 294 g/mol. The quantitative estimate of drug-likeness (QED) is 0.774. The number of hydrogen-bond acceptors (Lipinski definition) is 2. The molecule has 1 aromatic heterocycles. The fourth-order valence-electron chi connectivity index (χ4n) is 3.38. The topological polar surface area (TPSA) is 16.1 Å². The highest BCUT2D eigenvalue weighted by Crippen LogP contribution is 2.35. The first kappa shape index (κ1) is 15.1. The molecule has 0 bridgehead atoms. The number of benzene rings is 1. The van der Waals surface area contributed by atoms with E-state index in [1.165, 1.54) is 37.2 Å². The summed E-state index contributed by atoms with van der Waals surface area (Å²) in [5.74, 6) is 0.844. The van der Waals surface area contributed by atoms with Gasteiger partial charge in [-0.1, -0.05) is 39.0 Å². The fraction of sp³-hybridized carbons (Fsp3) is 0.450. The van der Waals surface area contributed by atoms with Crippen molar-refractivity contribution in [2.24, 2.45) is 11.3 Å². The van der Waals surface area contributed by atoms with E-state index in [1.807, 2.05) is 18.3 Å². The van der Waals surface area contributed by atoms with Gasteiger partial charge in [0.25, 0.3) is 0 Å². The molecule has 116 valence electrons. The summed E-state index contributed by atoms with van der Waals surface area (Å²) < 4.78 is 0. The van der Waals surface area contributed by atoms with Gasteiger partial charge in [0.15, 0.2) is 0 Å². The van der Waals surface area contributed by atoms with Gasteiger partial charge in [0, 0.05) is 30.5 Å². The molecule has 0 aliphatic carbocycles. The van der Waals surface area contributed by atoms with E-state index in [1.54, 1.807) is 0 Å². The Hall–Kier alpha value is -1.83. The van der Waals surface area contributed by atoms with E-state index in [0.29, 0.717) is 5.41 Å². The molecule has 2 heterocycles. The number of hydrogen-bond donors (Lipinski definition) is 0. The molecule has 2 aromatic rings. The van der Waals surface area contributed by atoms with Crippen molar-refractivity contribution in [3.63, 3.8) is 0 Å². The molecule has 0 saturated carbocycles. The van der Waals surface area contributed by atoms with Crippen LogP contribution in [0.4, 0.5) is 5.69 Å². The second-order valence-electron chi connectivity index (χ2n) is 7.39. The minimum atomic E-state index is 0.439. The van der Waals surface area contributed by atoms with E-state index in [-0.39, 0.29) is 0 Å². The van der Waals surface area contributed by atoms with Gasteiger partial charge in [-0.2, -0.15) is 0 Å². The molecule has 0 amide bonds. The first-order chi connectivity index (χ1) is 10.5. The van der Waals surface area contributed by atoms with Gasteiger partial charge in [-0.15, -0.1) is 0 Å². The molecular formula is C20H26N2. The molecule has 1 fully saturated rings. The highest BCUT2D eigenvalue weighted by molar-refractivity contribution is 5.63. The molecule has 0 unspecified atom stereocenters. The molecule has 1 aromatic carbocycles. The summed E-state index contributed by atoms with van der Waals surface area (Å²) in [5, 5.41) is 0. The zero-order valence-corrected chi connectivity index (χ0v) is 13.9. The number of rotatable bonds is 2. The number of piperidine rings is 1. The third-order valence-corrected chi connectivity index (χ3v) is 4.91. The van der Waals surface area contributed by atoms with Gasteiger partial charge in [0.1, 0.15) is 0 Å². The second-order valence-corrected chi connectivity index (χ2v) is 7.39. The lowest BCUT2D eigenvalue weighted by atomic mass is 9.75. The van der Waals surface area contributed by atoms with Gasteiger partial charge in [0.05, 0.1) is 5.69 Å². The number of aromatic nitrogens is 1. The van der Waals surface area contributed by atoms with Crippen LogP contribution in [0.2, 0.25) is 0 Å². The van der Waals surface area contributed by atoms with Crippen LogP contribution in [-0.4, -0.2) is 18.1 Å². The van der Waals surface area contributed by atoms with E-state index in [0.717, 1.165) is 11.6 Å². The summed E-state index contributed by atoms with van der Waals surface area (Å²) >= 11 is 0. The third-order valence-electron chi connectivity index (χ3n) is 4.91. The SMILES string of the molecule is CC(C)(C)C1CCN(c2ccc(-c3ccccn3)cc2)CC1. The van der Waals surface area contributed by atoms with Crippen LogP contribution in [-0.2, 0) is 0 Å². The van der Waals surface area contributed by atoms with Crippen molar-refractivity contribution >= 4 is 5.69 Å². The van der Waals surface area contributed by atoms with Crippen LogP contribution in [0.25, 0.3) is 11.3 Å².